The number of fused-ring (bicyclic) bond motifs is 2. The molecule has 0 bridgehead atoms. The smallest absolute Gasteiger partial charge is 0.238 e. The maximum Gasteiger partial charge on any atom is 0.238 e. The van der Waals surface area contributed by atoms with E-state index in [1.54, 1.807) is 0 Å². The molecule has 1 unspecified atom stereocenters. The van der Waals surface area contributed by atoms with E-state index in [1.165, 1.54) is 0 Å². The summed E-state index contributed by atoms with van der Waals surface area (Å²) < 4.78 is 1.83. The summed E-state index contributed by atoms with van der Waals surface area (Å²) in [6, 6.07) is 8.12. The van der Waals surface area contributed by atoms with Crippen molar-refractivity contribution in [3.8, 4) is 0 Å². The van der Waals surface area contributed by atoms with Crippen molar-refractivity contribution in [3.63, 3.8) is 0 Å². The predicted octanol–water partition coefficient (Wildman–Crippen LogP) is 2.69. The Bertz CT molecular complexity index is 780. The number of hydrogen-bond acceptors (Lipinski definition) is 4. The second-order valence-corrected chi connectivity index (χ2v) is 6.69. The lowest BCUT2D eigenvalue weighted by Crippen LogP contribution is -2.34. The lowest BCUT2D eigenvalue weighted by molar-refractivity contribution is 0.0864. The Hall–Kier alpha value is -2.27. The van der Waals surface area contributed by atoms with Crippen LogP contribution in [0, 0.1) is 0 Å². The minimum atomic E-state index is -0.102. The molecule has 126 valence electrons. The van der Waals surface area contributed by atoms with Gasteiger partial charge in [0.15, 0.2) is 0 Å². The summed E-state index contributed by atoms with van der Waals surface area (Å²) in [5.41, 5.74) is 11.4. The summed E-state index contributed by atoms with van der Waals surface area (Å²) in [4.78, 5) is 15.7. The van der Waals surface area contributed by atoms with Crippen LogP contribution in [0.1, 0.15) is 40.9 Å². The molecule has 1 atom stereocenters. The number of nitrogens with one attached hydrogen (secondary N) is 1. The van der Waals surface area contributed by atoms with E-state index in [4.69, 9.17) is 5.73 Å². The van der Waals surface area contributed by atoms with Crippen molar-refractivity contribution in [2.45, 2.75) is 32.2 Å². The highest BCUT2D eigenvalue weighted by atomic mass is 16.2. The second-order valence-electron chi connectivity index (χ2n) is 6.69. The second kappa shape index (κ2) is 5.98. The third-order valence-electron chi connectivity index (χ3n) is 5.37. The van der Waals surface area contributed by atoms with Gasteiger partial charge in [-0.3, -0.25) is 14.3 Å². The molecule has 5 nitrogen and oxygen atoms in total. The quantitative estimate of drug-likeness (QED) is 0.891. The maximum atomic E-state index is 13.3. The highest BCUT2D eigenvalue weighted by Crippen LogP contribution is 2.34. The molecule has 3 N–H and O–H groups in total. The normalized spacial score (nSPS) is 20.1. The van der Waals surface area contributed by atoms with E-state index < -0.39 is 0 Å². The van der Waals surface area contributed by atoms with E-state index in [-0.39, 0.29) is 11.8 Å². The van der Waals surface area contributed by atoms with Gasteiger partial charge < -0.3 is 11.1 Å². The average Bonchev–Trinajstić information content (AvgIpc) is 2.96. The van der Waals surface area contributed by atoms with Crippen molar-refractivity contribution in [3.05, 3.63) is 47.3 Å². The van der Waals surface area contributed by atoms with Crippen molar-refractivity contribution in [1.29, 1.82) is 0 Å². The van der Waals surface area contributed by atoms with Crippen LogP contribution in [0.25, 0.3) is 0 Å². The molecule has 4 rings (SSSR count). The van der Waals surface area contributed by atoms with Gasteiger partial charge in [0.1, 0.15) is 0 Å². The molecular formula is C19H24N4O. The van der Waals surface area contributed by atoms with E-state index >= 15 is 0 Å². The van der Waals surface area contributed by atoms with Gasteiger partial charge in [-0.25, -0.2) is 0 Å². The molecule has 2 aliphatic rings. The molecule has 0 saturated carbocycles. The first-order chi connectivity index (χ1) is 11.7. The maximum absolute atomic E-state index is 13.3. The van der Waals surface area contributed by atoms with Crippen LogP contribution in [0.3, 0.4) is 0 Å². The Morgan fingerprint density at radius 3 is 3.04 bits per heavy atom. The van der Waals surface area contributed by atoms with E-state index in [0.29, 0.717) is 0 Å². The molecule has 0 fully saturated rings. The third-order valence-corrected chi connectivity index (χ3v) is 5.37. The molecule has 1 aromatic heterocycles. The minimum Gasteiger partial charge on any atom is -0.397 e. The van der Waals surface area contributed by atoms with Crippen molar-refractivity contribution in [1.82, 2.24) is 9.47 Å². The molecule has 0 saturated heterocycles. The number of carbonyl (C=O) groups excluding carboxylic acids is 1. The Labute approximate surface area is 142 Å². The monoisotopic (exact) mass is 324 g/mol. The fourth-order valence-corrected chi connectivity index (χ4v) is 3.99. The molecule has 0 amide bonds. The lowest BCUT2D eigenvalue weighted by Gasteiger charge is -2.29. The topological polar surface area (TPSA) is 63.3 Å². The molecule has 0 radical (unpaired) electrons. The number of rotatable bonds is 2. The molecule has 2 aromatic rings. The van der Waals surface area contributed by atoms with Gasteiger partial charge in [-0.05, 0) is 36.6 Å². The molecule has 3 heterocycles. The summed E-state index contributed by atoms with van der Waals surface area (Å²) >= 11 is 0. The van der Waals surface area contributed by atoms with E-state index in [1.807, 2.05) is 29.0 Å². The minimum absolute atomic E-state index is 0.102. The number of nitrogen functional groups attached to an aromatic ring is 1. The highest BCUT2D eigenvalue weighted by Gasteiger charge is 2.31. The standard InChI is InChI=1S/C19H24N4O/c1-2-22-10-8-15-16(20)11-23(18(15)12-22)19(24)14-7-9-21-17-6-4-3-5-13(14)17/h3-6,11,14,21H,2,7-10,12,20H2,1H3. The van der Waals surface area contributed by atoms with Crippen LogP contribution in [-0.2, 0) is 13.0 Å². The zero-order chi connectivity index (χ0) is 16.7. The van der Waals surface area contributed by atoms with Gasteiger partial charge in [0.05, 0.1) is 11.6 Å². The fraction of sp³-hybridized carbons (Fsp3) is 0.421. The highest BCUT2D eigenvalue weighted by molar-refractivity contribution is 5.90. The van der Waals surface area contributed by atoms with Gasteiger partial charge >= 0.3 is 0 Å². The Kier molecular flexibility index (Phi) is 3.81. The number of benzene rings is 1. The molecule has 0 aliphatic carbocycles. The third kappa shape index (κ3) is 2.40. The predicted molar refractivity (Wildman–Crippen MR) is 96.4 cm³/mol. The zero-order valence-electron chi connectivity index (χ0n) is 14.1. The summed E-state index contributed by atoms with van der Waals surface area (Å²) in [6.07, 6.45) is 3.59. The van der Waals surface area contributed by atoms with Crippen LogP contribution < -0.4 is 11.1 Å². The fourth-order valence-electron chi connectivity index (χ4n) is 3.99. The zero-order valence-corrected chi connectivity index (χ0v) is 14.1. The number of nitrogens with two attached hydrogens (primary N) is 1. The number of likely N-dealkylation sites (N-methyl/N-ethyl adjacent to an activating group) is 1. The van der Waals surface area contributed by atoms with Crippen molar-refractivity contribution >= 4 is 17.3 Å². The number of anilines is 2. The Morgan fingerprint density at radius 2 is 2.21 bits per heavy atom. The number of aromatic nitrogens is 1. The molecular weight excluding hydrogens is 300 g/mol. The summed E-state index contributed by atoms with van der Waals surface area (Å²) in [6.45, 7) is 5.80. The largest absolute Gasteiger partial charge is 0.397 e. The summed E-state index contributed by atoms with van der Waals surface area (Å²) in [5.74, 6) is 0.0465. The van der Waals surface area contributed by atoms with Gasteiger partial charge in [-0.1, -0.05) is 25.1 Å². The van der Waals surface area contributed by atoms with Crippen LogP contribution >= 0.6 is 0 Å². The average molecular weight is 324 g/mol. The van der Waals surface area contributed by atoms with Crippen molar-refractivity contribution < 1.29 is 4.79 Å². The number of hydrogen-bond donors (Lipinski definition) is 2. The van der Waals surface area contributed by atoms with E-state index in [9.17, 15) is 4.79 Å². The molecule has 24 heavy (non-hydrogen) atoms. The van der Waals surface area contributed by atoms with Gasteiger partial charge in [0, 0.05) is 37.2 Å². The lowest BCUT2D eigenvalue weighted by atomic mass is 9.90. The van der Waals surface area contributed by atoms with E-state index in [0.717, 1.165) is 67.2 Å². The first-order valence-electron chi connectivity index (χ1n) is 8.77. The molecule has 5 heteroatoms. The molecule has 1 aromatic carbocycles. The van der Waals surface area contributed by atoms with Crippen LogP contribution in [0.15, 0.2) is 30.5 Å². The van der Waals surface area contributed by atoms with Gasteiger partial charge in [0.2, 0.25) is 5.91 Å². The van der Waals surface area contributed by atoms with Gasteiger partial charge in [0.25, 0.3) is 0 Å². The van der Waals surface area contributed by atoms with Crippen LogP contribution in [-0.4, -0.2) is 35.0 Å². The van der Waals surface area contributed by atoms with Gasteiger partial charge in [-0.2, -0.15) is 0 Å². The number of nitrogens with zero attached hydrogens (tertiary/aromatic N) is 2. The SMILES string of the molecule is CCN1CCc2c(N)cn(C(=O)C3CCNc4ccccc43)c2C1. The van der Waals surface area contributed by atoms with Crippen LogP contribution in [0.5, 0.6) is 0 Å². The summed E-state index contributed by atoms with van der Waals surface area (Å²) in [5, 5.41) is 3.39. The number of carbonyl (C=O) groups is 1. The van der Waals surface area contributed by atoms with Crippen LogP contribution in [0.4, 0.5) is 11.4 Å². The summed E-state index contributed by atoms with van der Waals surface area (Å²) in [7, 11) is 0. The Balaban J connectivity index is 1.72. The first-order valence-corrected chi connectivity index (χ1v) is 8.77. The molecule has 2 aliphatic heterocycles. The van der Waals surface area contributed by atoms with Gasteiger partial charge in [-0.15, -0.1) is 0 Å². The first kappa shape index (κ1) is 15.3. The Morgan fingerprint density at radius 1 is 1.38 bits per heavy atom. The van der Waals surface area contributed by atoms with E-state index in [2.05, 4.69) is 23.2 Å². The van der Waals surface area contributed by atoms with Crippen molar-refractivity contribution in [2.75, 3.05) is 30.7 Å². The number of para-hydroxylation sites is 1. The van der Waals surface area contributed by atoms with Crippen LogP contribution in [0.2, 0.25) is 0 Å². The molecule has 0 spiro atoms. The van der Waals surface area contributed by atoms with Crippen molar-refractivity contribution in [2.24, 2.45) is 0 Å².